The minimum Gasteiger partial charge on any atom is -0.454 e. The second-order valence-corrected chi connectivity index (χ2v) is 11.2. The SMILES string of the molecule is Cc1c(Cc2ccc3c(c2)OCO3)sc(NC(=O)C2CCCCC2)c1-c1nc2ccccc2s1. The van der Waals surface area contributed by atoms with Gasteiger partial charge in [0.25, 0.3) is 0 Å². The van der Waals surface area contributed by atoms with E-state index in [9.17, 15) is 4.79 Å². The number of thiazole rings is 1. The largest absolute Gasteiger partial charge is 0.454 e. The zero-order valence-corrected chi connectivity index (χ0v) is 20.7. The molecule has 0 atom stereocenters. The normalized spacial score (nSPS) is 15.7. The van der Waals surface area contributed by atoms with Gasteiger partial charge in [0.05, 0.1) is 10.2 Å². The first-order valence-corrected chi connectivity index (χ1v) is 13.5. The number of nitrogens with one attached hydrogen (secondary N) is 1. The van der Waals surface area contributed by atoms with Crippen LogP contribution >= 0.6 is 22.7 Å². The molecule has 0 bridgehead atoms. The van der Waals surface area contributed by atoms with Crippen molar-refractivity contribution in [3.05, 3.63) is 58.5 Å². The quantitative estimate of drug-likeness (QED) is 0.322. The van der Waals surface area contributed by atoms with Gasteiger partial charge in [-0.25, -0.2) is 4.98 Å². The minimum atomic E-state index is 0.108. The van der Waals surface area contributed by atoms with Gasteiger partial charge in [0.1, 0.15) is 10.0 Å². The summed E-state index contributed by atoms with van der Waals surface area (Å²) in [5, 5.41) is 5.20. The van der Waals surface area contributed by atoms with E-state index in [1.807, 2.05) is 24.3 Å². The molecule has 1 N–H and O–H groups in total. The first-order valence-electron chi connectivity index (χ1n) is 11.8. The summed E-state index contributed by atoms with van der Waals surface area (Å²) >= 11 is 3.36. The highest BCUT2D eigenvalue weighted by Gasteiger charge is 2.26. The van der Waals surface area contributed by atoms with E-state index in [0.29, 0.717) is 0 Å². The Kier molecular flexibility index (Phi) is 5.75. The Hall–Kier alpha value is -2.90. The summed E-state index contributed by atoms with van der Waals surface area (Å²) in [4.78, 5) is 19.3. The zero-order chi connectivity index (χ0) is 23.1. The number of carbonyl (C=O) groups is 1. The third kappa shape index (κ3) is 4.07. The van der Waals surface area contributed by atoms with Gasteiger partial charge in [-0.2, -0.15) is 0 Å². The van der Waals surface area contributed by atoms with Crippen molar-refractivity contribution in [3.8, 4) is 22.1 Å². The van der Waals surface area contributed by atoms with E-state index < -0.39 is 0 Å². The number of amides is 1. The third-order valence-corrected chi connectivity index (χ3v) is 9.03. The second kappa shape index (κ2) is 9.04. The number of aromatic nitrogens is 1. The van der Waals surface area contributed by atoms with Crippen molar-refractivity contribution < 1.29 is 14.3 Å². The van der Waals surface area contributed by atoms with Crippen LogP contribution in [0.4, 0.5) is 5.00 Å². The fourth-order valence-corrected chi connectivity index (χ4v) is 7.25. The molecule has 5 nitrogen and oxygen atoms in total. The number of hydrogen-bond acceptors (Lipinski definition) is 6. The minimum absolute atomic E-state index is 0.108. The van der Waals surface area contributed by atoms with Crippen LogP contribution in [0.1, 0.15) is 48.1 Å². The lowest BCUT2D eigenvalue weighted by Crippen LogP contribution is -2.24. The first-order chi connectivity index (χ1) is 16.7. The van der Waals surface area contributed by atoms with Crippen molar-refractivity contribution in [2.75, 3.05) is 12.1 Å². The number of benzene rings is 2. The summed E-state index contributed by atoms with van der Waals surface area (Å²) in [7, 11) is 0. The van der Waals surface area contributed by atoms with E-state index in [1.165, 1.54) is 16.9 Å². The predicted molar refractivity (Wildman–Crippen MR) is 138 cm³/mol. The summed E-state index contributed by atoms with van der Waals surface area (Å²) in [6, 6.07) is 14.3. The number of rotatable bonds is 5. The average Bonchev–Trinajstić information content (AvgIpc) is 3.56. The molecule has 0 saturated heterocycles. The predicted octanol–water partition coefficient (Wildman–Crippen LogP) is 7.17. The van der Waals surface area contributed by atoms with Crippen LogP contribution in [0.3, 0.4) is 0 Å². The smallest absolute Gasteiger partial charge is 0.231 e. The summed E-state index contributed by atoms with van der Waals surface area (Å²) in [6.07, 6.45) is 6.25. The highest BCUT2D eigenvalue weighted by Crippen LogP contribution is 2.45. The Morgan fingerprint density at radius 1 is 1.06 bits per heavy atom. The molecule has 34 heavy (non-hydrogen) atoms. The van der Waals surface area contributed by atoms with Gasteiger partial charge >= 0.3 is 0 Å². The molecule has 3 heterocycles. The van der Waals surface area contributed by atoms with Crippen LogP contribution in [0.15, 0.2) is 42.5 Å². The molecule has 6 rings (SSSR count). The van der Waals surface area contributed by atoms with E-state index in [0.717, 1.165) is 75.0 Å². The van der Waals surface area contributed by atoms with Crippen molar-refractivity contribution >= 4 is 43.8 Å². The molecule has 174 valence electrons. The number of anilines is 1. The molecule has 2 aliphatic rings. The average molecular weight is 491 g/mol. The number of para-hydroxylation sites is 1. The molecule has 0 radical (unpaired) electrons. The van der Waals surface area contributed by atoms with E-state index in [-0.39, 0.29) is 18.6 Å². The first kappa shape index (κ1) is 21.6. The molecule has 0 unspecified atom stereocenters. The fraction of sp³-hybridized carbons (Fsp3) is 0.333. The highest BCUT2D eigenvalue weighted by atomic mass is 32.1. The standard InChI is InChI=1S/C27H26N2O3S2/c1-16-23(14-17-11-12-20-21(13-17)32-15-31-20)34-27(29-25(30)18-7-3-2-4-8-18)24(16)26-28-19-9-5-6-10-22(19)33-26/h5-6,9-13,18H,2-4,7-8,14-15H2,1H3,(H,29,30). The van der Waals surface area contributed by atoms with E-state index in [4.69, 9.17) is 14.5 Å². The summed E-state index contributed by atoms with van der Waals surface area (Å²) in [5.74, 6) is 1.85. The Bertz CT molecular complexity index is 1330. The molecule has 1 aliphatic heterocycles. The highest BCUT2D eigenvalue weighted by molar-refractivity contribution is 7.22. The van der Waals surface area contributed by atoms with Crippen molar-refractivity contribution in [1.82, 2.24) is 4.98 Å². The van der Waals surface area contributed by atoms with Crippen molar-refractivity contribution in [2.24, 2.45) is 5.92 Å². The molecule has 1 fully saturated rings. The Morgan fingerprint density at radius 3 is 2.74 bits per heavy atom. The molecule has 1 saturated carbocycles. The number of carbonyl (C=O) groups excluding carboxylic acids is 1. The van der Waals surface area contributed by atoms with Crippen LogP contribution in [-0.2, 0) is 11.2 Å². The van der Waals surface area contributed by atoms with Gasteiger partial charge in [-0.1, -0.05) is 37.5 Å². The number of ether oxygens (including phenoxy) is 2. The molecule has 4 aromatic rings. The van der Waals surface area contributed by atoms with Gasteiger partial charge in [0.2, 0.25) is 12.7 Å². The van der Waals surface area contributed by atoms with Crippen LogP contribution in [0.25, 0.3) is 20.8 Å². The number of hydrogen-bond donors (Lipinski definition) is 1. The summed E-state index contributed by atoms with van der Waals surface area (Å²) in [6.45, 7) is 2.42. The molecular formula is C27H26N2O3S2. The topological polar surface area (TPSA) is 60.5 Å². The van der Waals surface area contributed by atoms with Crippen LogP contribution in [0.5, 0.6) is 11.5 Å². The Morgan fingerprint density at radius 2 is 1.88 bits per heavy atom. The number of fused-ring (bicyclic) bond motifs is 2. The fourth-order valence-electron chi connectivity index (χ4n) is 4.87. The van der Waals surface area contributed by atoms with Gasteiger partial charge in [-0.05, 0) is 55.2 Å². The van der Waals surface area contributed by atoms with Crippen molar-refractivity contribution in [3.63, 3.8) is 0 Å². The number of thiophene rings is 1. The molecule has 2 aromatic heterocycles. The molecule has 7 heteroatoms. The number of nitrogens with zero attached hydrogens (tertiary/aromatic N) is 1. The van der Waals surface area contributed by atoms with Gasteiger partial charge in [-0.15, -0.1) is 22.7 Å². The maximum atomic E-state index is 13.2. The van der Waals surface area contributed by atoms with Crippen LogP contribution in [0, 0.1) is 12.8 Å². The lowest BCUT2D eigenvalue weighted by Gasteiger charge is -2.20. The van der Waals surface area contributed by atoms with Crippen LogP contribution in [-0.4, -0.2) is 17.7 Å². The molecule has 1 amide bonds. The van der Waals surface area contributed by atoms with Crippen LogP contribution in [0.2, 0.25) is 0 Å². The van der Waals surface area contributed by atoms with E-state index in [1.54, 1.807) is 22.7 Å². The van der Waals surface area contributed by atoms with Crippen molar-refractivity contribution in [2.45, 2.75) is 45.4 Å². The second-order valence-electron chi connectivity index (χ2n) is 9.03. The Labute approximate surface area is 206 Å². The molecule has 0 spiro atoms. The van der Waals surface area contributed by atoms with Gasteiger partial charge in [0.15, 0.2) is 11.5 Å². The molecule has 2 aromatic carbocycles. The maximum absolute atomic E-state index is 13.2. The van der Waals surface area contributed by atoms with Crippen LogP contribution < -0.4 is 14.8 Å². The zero-order valence-electron chi connectivity index (χ0n) is 19.1. The van der Waals surface area contributed by atoms with Gasteiger partial charge < -0.3 is 14.8 Å². The lowest BCUT2D eigenvalue weighted by molar-refractivity contribution is -0.120. The van der Waals surface area contributed by atoms with Gasteiger partial charge in [-0.3, -0.25) is 4.79 Å². The molecular weight excluding hydrogens is 464 g/mol. The van der Waals surface area contributed by atoms with E-state index in [2.05, 4.69) is 30.4 Å². The monoisotopic (exact) mass is 490 g/mol. The molecule has 1 aliphatic carbocycles. The maximum Gasteiger partial charge on any atom is 0.231 e. The summed E-state index contributed by atoms with van der Waals surface area (Å²) < 4.78 is 12.2. The lowest BCUT2D eigenvalue weighted by atomic mass is 9.89. The summed E-state index contributed by atoms with van der Waals surface area (Å²) in [5.41, 5.74) is 4.40. The Balaban J connectivity index is 1.37. The third-order valence-electron chi connectivity index (χ3n) is 6.77. The van der Waals surface area contributed by atoms with Gasteiger partial charge in [0, 0.05) is 22.8 Å². The van der Waals surface area contributed by atoms with Crippen molar-refractivity contribution in [1.29, 1.82) is 0 Å². The van der Waals surface area contributed by atoms with E-state index >= 15 is 0 Å².